The van der Waals surface area contributed by atoms with E-state index in [1.807, 2.05) is 0 Å². The van der Waals surface area contributed by atoms with Crippen molar-refractivity contribution >= 4 is 20.6 Å². The second kappa shape index (κ2) is 2.71. The Labute approximate surface area is 49.3 Å². The maximum absolute atomic E-state index is 8.91. The van der Waals surface area contributed by atoms with E-state index in [0.29, 0.717) is 0 Å². The Hall–Kier alpha value is 0.487. The van der Waals surface area contributed by atoms with Gasteiger partial charge in [0.15, 0.2) is 0 Å². The summed E-state index contributed by atoms with van der Waals surface area (Å²) in [5.41, 5.74) is 0. The topological polar surface area (TPSA) is 29.5 Å². The minimum absolute atomic E-state index is 1.22. The van der Waals surface area contributed by atoms with Crippen molar-refractivity contribution in [3.05, 3.63) is 0 Å². The third-order valence-corrected chi connectivity index (χ3v) is 2.59. The van der Waals surface area contributed by atoms with E-state index in [2.05, 4.69) is 0 Å². The third kappa shape index (κ3) is 6.49. The molecular formula is C3H10O2SSi. The molecule has 0 atom stereocenters. The van der Waals surface area contributed by atoms with Crippen LogP contribution >= 0.6 is 12.0 Å². The van der Waals surface area contributed by atoms with E-state index in [0.717, 1.165) is 0 Å². The van der Waals surface area contributed by atoms with Gasteiger partial charge in [-0.3, -0.25) is 0 Å². The lowest BCUT2D eigenvalue weighted by molar-refractivity contribution is 0.425. The van der Waals surface area contributed by atoms with E-state index in [1.165, 1.54) is 12.0 Å². The normalized spacial score (nSPS) is 12.0. The molecule has 0 aromatic heterocycles. The van der Waals surface area contributed by atoms with E-state index in [-0.39, 0.29) is 0 Å². The van der Waals surface area contributed by atoms with Gasteiger partial charge in [-0.1, -0.05) is 0 Å². The first kappa shape index (κ1) is 7.49. The summed E-state index contributed by atoms with van der Waals surface area (Å²) in [4.78, 5) is 8.91. The largest absolute Gasteiger partial charge is 0.410 e. The molecule has 0 amide bonds. The van der Waals surface area contributed by atoms with Crippen molar-refractivity contribution < 1.29 is 8.67 Å². The van der Waals surface area contributed by atoms with Crippen LogP contribution in [0.25, 0.3) is 0 Å². The molecule has 0 bridgehead atoms. The van der Waals surface area contributed by atoms with Crippen molar-refractivity contribution in [1.82, 2.24) is 0 Å². The first-order valence-electron chi connectivity index (χ1n) is 2.00. The van der Waals surface area contributed by atoms with Gasteiger partial charge >= 0.3 is 8.56 Å². The van der Waals surface area contributed by atoms with Crippen LogP contribution in [0.5, 0.6) is 0 Å². The van der Waals surface area contributed by atoms with Crippen LogP contribution in [-0.4, -0.2) is 19.6 Å². The maximum Gasteiger partial charge on any atom is 0.342 e. The predicted octanol–water partition coefficient (Wildman–Crippen LogP) is 0.975. The monoisotopic (exact) mass is 138 g/mol. The molecule has 0 rings (SSSR count). The van der Waals surface area contributed by atoms with Crippen molar-refractivity contribution in [3.63, 3.8) is 0 Å². The van der Waals surface area contributed by atoms with Crippen molar-refractivity contribution in [2.45, 2.75) is 13.1 Å². The molecule has 0 aliphatic carbocycles. The SMILES string of the molecule is CSO[Si](C)(C)O. The smallest absolute Gasteiger partial charge is 0.342 e. The van der Waals surface area contributed by atoms with E-state index < -0.39 is 8.56 Å². The van der Waals surface area contributed by atoms with Crippen LogP contribution in [0, 0.1) is 0 Å². The molecule has 0 aliphatic heterocycles. The minimum Gasteiger partial charge on any atom is -0.410 e. The molecule has 0 fully saturated rings. The Morgan fingerprint density at radius 3 is 2.00 bits per heavy atom. The zero-order chi connectivity index (χ0) is 5.91. The highest BCUT2D eigenvalue weighted by atomic mass is 32.2. The highest BCUT2D eigenvalue weighted by Gasteiger charge is 2.17. The fourth-order valence-electron chi connectivity index (χ4n) is 0.204. The second-order valence-electron chi connectivity index (χ2n) is 1.70. The van der Waals surface area contributed by atoms with Crippen LogP contribution in [0.15, 0.2) is 0 Å². The van der Waals surface area contributed by atoms with Gasteiger partial charge in [-0.2, -0.15) is 0 Å². The summed E-state index contributed by atoms with van der Waals surface area (Å²) in [6, 6.07) is 0. The van der Waals surface area contributed by atoms with Crippen molar-refractivity contribution in [1.29, 1.82) is 0 Å². The number of rotatable bonds is 2. The average molecular weight is 138 g/mol. The van der Waals surface area contributed by atoms with Crippen LogP contribution < -0.4 is 0 Å². The molecule has 1 N–H and O–H groups in total. The van der Waals surface area contributed by atoms with Gasteiger partial charge in [-0.25, -0.2) is 0 Å². The van der Waals surface area contributed by atoms with Crippen LogP contribution in [0.1, 0.15) is 0 Å². The molecule has 0 aromatic carbocycles. The molecule has 0 aliphatic rings. The summed E-state index contributed by atoms with van der Waals surface area (Å²) in [5, 5.41) is 0. The Kier molecular flexibility index (Phi) is 2.90. The van der Waals surface area contributed by atoms with Crippen molar-refractivity contribution in [3.8, 4) is 0 Å². The Morgan fingerprint density at radius 1 is 1.57 bits per heavy atom. The van der Waals surface area contributed by atoms with Crippen LogP contribution in [-0.2, 0) is 3.87 Å². The zero-order valence-electron chi connectivity index (χ0n) is 4.76. The number of hydrogen-bond acceptors (Lipinski definition) is 3. The van der Waals surface area contributed by atoms with Crippen LogP contribution in [0.2, 0.25) is 13.1 Å². The zero-order valence-corrected chi connectivity index (χ0v) is 6.58. The average Bonchev–Trinajstić information content (AvgIpc) is 1.30. The van der Waals surface area contributed by atoms with Gasteiger partial charge in [0.25, 0.3) is 0 Å². The van der Waals surface area contributed by atoms with E-state index in [9.17, 15) is 0 Å². The molecule has 0 radical (unpaired) electrons. The second-order valence-corrected chi connectivity index (χ2v) is 5.59. The summed E-state index contributed by atoms with van der Waals surface area (Å²) < 4.78 is 4.84. The lowest BCUT2D eigenvalue weighted by Gasteiger charge is -2.09. The predicted molar refractivity (Wildman–Crippen MR) is 34.3 cm³/mol. The summed E-state index contributed by atoms with van der Waals surface area (Å²) in [6.45, 7) is 3.45. The molecule has 0 heterocycles. The molecule has 4 heteroatoms. The fourth-order valence-corrected chi connectivity index (χ4v) is 1.84. The molecule has 0 spiro atoms. The number of hydrogen-bond donors (Lipinski definition) is 1. The van der Waals surface area contributed by atoms with E-state index >= 15 is 0 Å². The fraction of sp³-hybridized carbons (Fsp3) is 1.00. The van der Waals surface area contributed by atoms with Gasteiger partial charge in [-0.05, 0) is 25.1 Å². The van der Waals surface area contributed by atoms with Gasteiger partial charge in [0.1, 0.15) is 0 Å². The maximum atomic E-state index is 8.91. The van der Waals surface area contributed by atoms with Crippen molar-refractivity contribution in [2.24, 2.45) is 0 Å². The third-order valence-electron chi connectivity index (χ3n) is 0.287. The highest BCUT2D eigenvalue weighted by Crippen LogP contribution is 2.06. The molecule has 0 aromatic rings. The quantitative estimate of drug-likeness (QED) is 0.455. The van der Waals surface area contributed by atoms with Gasteiger partial charge in [0, 0.05) is 6.26 Å². The molecular weight excluding hydrogens is 128 g/mol. The molecule has 2 nitrogen and oxygen atoms in total. The Balaban J connectivity index is 3.15. The Morgan fingerprint density at radius 2 is 2.00 bits per heavy atom. The first-order chi connectivity index (χ1) is 3.06. The van der Waals surface area contributed by atoms with Crippen LogP contribution in [0.4, 0.5) is 0 Å². The molecule has 0 saturated heterocycles. The summed E-state index contributed by atoms with van der Waals surface area (Å²) in [6.07, 6.45) is 1.80. The molecule has 0 unspecified atom stereocenters. The van der Waals surface area contributed by atoms with Gasteiger partial charge in [-0.15, -0.1) is 0 Å². The highest BCUT2D eigenvalue weighted by molar-refractivity contribution is 7.94. The lowest BCUT2D eigenvalue weighted by Crippen LogP contribution is -2.26. The van der Waals surface area contributed by atoms with Gasteiger partial charge in [0.2, 0.25) is 0 Å². The summed E-state index contributed by atoms with van der Waals surface area (Å²) in [5.74, 6) is 0. The van der Waals surface area contributed by atoms with Crippen molar-refractivity contribution in [2.75, 3.05) is 6.26 Å². The molecule has 0 saturated carbocycles. The lowest BCUT2D eigenvalue weighted by atomic mass is 11.9. The Bertz CT molecular complexity index is 51.4. The summed E-state index contributed by atoms with van der Waals surface area (Å²) >= 11 is 1.22. The van der Waals surface area contributed by atoms with Gasteiger partial charge in [0.05, 0.1) is 0 Å². The molecule has 7 heavy (non-hydrogen) atoms. The van der Waals surface area contributed by atoms with Crippen LogP contribution in [0.3, 0.4) is 0 Å². The minimum atomic E-state index is -2.19. The standard InChI is InChI=1S/C3H10O2SSi/c1-6-5-7(2,3)4/h4H,1-3H3. The summed E-state index contributed by atoms with van der Waals surface area (Å²) in [7, 11) is -2.19. The molecule has 44 valence electrons. The van der Waals surface area contributed by atoms with E-state index in [4.69, 9.17) is 8.67 Å². The van der Waals surface area contributed by atoms with E-state index in [1.54, 1.807) is 19.3 Å². The van der Waals surface area contributed by atoms with Gasteiger partial charge < -0.3 is 8.67 Å². The first-order valence-corrected chi connectivity index (χ1v) is 6.01.